The first-order valence-electron chi connectivity index (χ1n) is 4.75. The summed E-state index contributed by atoms with van der Waals surface area (Å²) in [4.78, 5) is 14.6. The van der Waals surface area contributed by atoms with E-state index >= 15 is 0 Å². The molecule has 0 atom stereocenters. The summed E-state index contributed by atoms with van der Waals surface area (Å²) in [5, 5.41) is 3.03. The van der Waals surface area contributed by atoms with Crippen LogP contribution in [0.4, 0.5) is 0 Å². The third kappa shape index (κ3) is 1.85. The Balaban J connectivity index is 2.02. The van der Waals surface area contributed by atoms with Gasteiger partial charge in [-0.1, -0.05) is 0 Å². The quantitative estimate of drug-likeness (QED) is 0.839. The van der Waals surface area contributed by atoms with Crippen molar-refractivity contribution in [2.45, 2.75) is 31.7 Å². The van der Waals surface area contributed by atoms with Crippen LogP contribution >= 0.6 is 15.9 Å². The van der Waals surface area contributed by atoms with Crippen molar-refractivity contribution in [3.63, 3.8) is 0 Å². The van der Waals surface area contributed by atoms with Gasteiger partial charge in [0, 0.05) is 16.2 Å². The van der Waals surface area contributed by atoms with Gasteiger partial charge >= 0.3 is 0 Å². The molecule has 76 valence electrons. The molecule has 0 aromatic carbocycles. The second kappa shape index (κ2) is 3.42. The molecule has 1 fully saturated rings. The van der Waals surface area contributed by atoms with E-state index in [4.69, 9.17) is 0 Å². The van der Waals surface area contributed by atoms with E-state index in [1.54, 1.807) is 12.3 Å². The molecule has 0 unspecified atom stereocenters. The van der Waals surface area contributed by atoms with Crippen LogP contribution in [0, 0.1) is 0 Å². The molecule has 1 aliphatic rings. The second-order valence-corrected chi connectivity index (χ2v) is 5.02. The average molecular weight is 257 g/mol. The summed E-state index contributed by atoms with van der Waals surface area (Å²) in [7, 11) is 0. The van der Waals surface area contributed by atoms with Gasteiger partial charge in [-0.15, -0.1) is 0 Å². The summed E-state index contributed by atoms with van der Waals surface area (Å²) in [6.45, 7) is 2.09. The van der Waals surface area contributed by atoms with E-state index in [-0.39, 0.29) is 11.4 Å². The first kappa shape index (κ1) is 9.77. The average Bonchev–Trinajstić information content (AvgIpc) is 2.49. The van der Waals surface area contributed by atoms with Crippen LogP contribution in [0.1, 0.15) is 36.7 Å². The summed E-state index contributed by atoms with van der Waals surface area (Å²) in [6.07, 6.45) is 5.14. The van der Waals surface area contributed by atoms with E-state index in [0.29, 0.717) is 5.69 Å². The van der Waals surface area contributed by atoms with E-state index in [2.05, 4.69) is 33.2 Å². The SMILES string of the molecule is CC1(NC(=O)c2cc(Br)c[nH]2)CCC1. The van der Waals surface area contributed by atoms with Crippen molar-refractivity contribution >= 4 is 21.8 Å². The normalized spacial score (nSPS) is 18.7. The Morgan fingerprint density at radius 2 is 2.36 bits per heavy atom. The molecule has 0 bridgehead atoms. The molecule has 1 amide bonds. The Morgan fingerprint density at radius 1 is 1.64 bits per heavy atom. The number of rotatable bonds is 2. The second-order valence-electron chi connectivity index (χ2n) is 4.10. The van der Waals surface area contributed by atoms with E-state index in [9.17, 15) is 4.79 Å². The van der Waals surface area contributed by atoms with Gasteiger partial charge in [0.05, 0.1) is 0 Å². The first-order chi connectivity index (χ1) is 6.59. The van der Waals surface area contributed by atoms with Crippen LogP contribution in [-0.2, 0) is 0 Å². The minimum atomic E-state index is -0.0158. The molecular weight excluding hydrogens is 244 g/mol. The summed E-state index contributed by atoms with van der Waals surface area (Å²) in [5.41, 5.74) is 0.638. The van der Waals surface area contributed by atoms with Crippen LogP contribution in [-0.4, -0.2) is 16.4 Å². The molecule has 4 heteroatoms. The van der Waals surface area contributed by atoms with Gasteiger partial charge in [-0.25, -0.2) is 0 Å². The van der Waals surface area contributed by atoms with Gasteiger partial charge in [0.25, 0.3) is 5.91 Å². The number of H-pyrrole nitrogens is 1. The molecule has 3 nitrogen and oxygen atoms in total. The number of aromatic nitrogens is 1. The molecule has 14 heavy (non-hydrogen) atoms. The standard InChI is InChI=1S/C10H13BrN2O/c1-10(3-2-4-10)13-9(14)8-5-7(11)6-12-8/h5-6,12H,2-4H2,1H3,(H,13,14). The van der Waals surface area contributed by atoms with Gasteiger partial charge in [0.15, 0.2) is 0 Å². The number of amides is 1. The highest BCUT2D eigenvalue weighted by molar-refractivity contribution is 9.10. The minimum Gasteiger partial charge on any atom is -0.356 e. The Bertz CT molecular complexity index is 355. The van der Waals surface area contributed by atoms with E-state index in [1.807, 2.05) is 0 Å². The van der Waals surface area contributed by atoms with Gasteiger partial charge in [-0.3, -0.25) is 4.79 Å². The monoisotopic (exact) mass is 256 g/mol. The van der Waals surface area contributed by atoms with E-state index in [0.717, 1.165) is 17.3 Å². The third-order valence-electron chi connectivity index (χ3n) is 2.76. The number of halogens is 1. The van der Waals surface area contributed by atoms with Crippen LogP contribution < -0.4 is 5.32 Å². The molecule has 0 spiro atoms. The van der Waals surface area contributed by atoms with Crippen molar-refractivity contribution in [3.8, 4) is 0 Å². The van der Waals surface area contributed by atoms with Gasteiger partial charge in [-0.05, 0) is 48.2 Å². The predicted molar refractivity (Wildman–Crippen MR) is 58.2 cm³/mol. The number of aromatic amines is 1. The van der Waals surface area contributed by atoms with Gasteiger partial charge in [0.1, 0.15) is 5.69 Å². The van der Waals surface area contributed by atoms with Crippen molar-refractivity contribution in [3.05, 3.63) is 22.4 Å². The molecule has 1 aromatic heterocycles. The fourth-order valence-corrected chi connectivity index (χ4v) is 2.02. The Kier molecular flexibility index (Phi) is 2.39. The van der Waals surface area contributed by atoms with E-state index in [1.165, 1.54) is 6.42 Å². The van der Waals surface area contributed by atoms with Crippen molar-refractivity contribution in [1.29, 1.82) is 0 Å². The van der Waals surface area contributed by atoms with Crippen LogP contribution in [0.25, 0.3) is 0 Å². The molecule has 1 saturated carbocycles. The van der Waals surface area contributed by atoms with E-state index < -0.39 is 0 Å². The lowest BCUT2D eigenvalue weighted by molar-refractivity contribution is 0.0846. The molecule has 1 aromatic rings. The molecule has 1 heterocycles. The Morgan fingerprint density at radius 3 is 2.79 bits per heavy atom. The van der Waals surface area contributed by atoms with Crippen molar-refractivity contribution in [1.82, 2.24) is 10.3 Å². The lowest BCUT2D eigenvalue weighted by Crippen LogP contribution is -2.51. The number of carbonyl (C=O) groups excluding carboxylic acids is 1. The predicted octanol–water partition coefficient (Wildman–Crippen LogP) is 2.45. The maximum atomic E-state index is 11.7. The van der Waals surface area contributed by atoms with Crippen LogP contribution in [0.2, 0.25) is 0 Å². The Hall–Kier alpha value is -0.770. The molecule has 0 radical (unpaired) electrons. The van der Waals surface area contributed by atoms with Crippen LogP contribution in [0.15, 0.2) is 16.7 Å². The zero-order valence-electron chi connectivity index (χ0n) is 8.06. The lowest BCUT2D eigenvalue weighted by Gasteiger charge is -2.38. The molecule has 0 saturated heterocycles. The van der Waals surface area contributed by atoms with Crippen LogP contribution in [0.3, 0.4) is 0 Å². The summed E-state index contributed by atoms with van der Waals surface area (Å²) < 4.78 is 0.904. The molecular formula is C10H13BrN2O. The first-order valence-corrected chi connectivity index (χ1v) is 5.55. The minimum absolute atomic E-state index is 0.0158. The third-order valence-corrected chi connectivity index (χ3v) is 3.22. The maximum absolute atomic E-state index is 11.7. The van der Waals surface area contributed by atoms with Gasteiger partial charge in [-0.2, -0.15) is 0 Å². The Labute approximate surface area is 91.4 Å². The van der Waals surface area contributed by atoms with Crippen molar-refractivity contribution < 1.29 is 4.79 Å². The zero-order chi connectivity index (χ0) is 10.2. The fourth-order valence-electron chi connectivity index (χ4n) is 1.67. The topological polar surface area (TPSA) is 44.9 Å². The molecule has 0 aliphatic heterocycles. The smallest absolute Gasteiger partial charge is 0.268 e. The summed E-state index contributed by atoms with van der Waals surface area (Å²) in [5.74, 6) is -0.0158. The maximum Gasteiger partial charge on any atom is 0.268 e. The summed E-state index contributed by atoms with van der Waals surface area (Å²) in [6, 6.07) is 1.79. The number of hydrogen-bond acceptors (Lipinski definition) is 1. The highest BCUT2D eigenvalue weighted by Gasteiger charge is 2.33. The summed E-state index contributed by atoms with van der Waals surface area (Å²) >= 11 is 3.30. The molecule has 1 aliphatic carbocycles. The lowest BCUT2D eigenvalue weighted by atomic mass is 9.78. The number of nitrogens with one attached hydrogen (secondary N) is 2. The number of carbonyl (C=O) groups is 1. The van der Waals surface area contributed by atoms with Gasteiger partial charge in [0.2, 0.25) is 0 Å². The number of hydrogen-bond donors (Lipinski definition) is 2. The van der Waals surface area contributed by atoms with Crippen LogP contribution in [0.5, 0.6) is 0 Å². The fraction of sp³-hybridized carbons (Fsp3) is 0.500. The molecule has 2 N–H and O–H groups in total. The highest BCUT2D eigenvalue weighted by Crippen LogP contribution is 2.31. The van der Waals surface area contributed by atoms with Crippen molar-refractivity contribution in [2.75, 3.05) is 0 Å². The zero-order valence-corrected chi connectivity index (χ0v) is 9.65. The largest absolute Gasteiger partial charge is 0.356 e. The van der Waals surface area contributed by atoms with Gasteiger partial charge < -0.3 is 10.3 Å². The highest BCUT2D eigenvalue weighted by atomic mass is 79.9. The molecule has 2 rings (SSSR count). The van der Waals surface area contributed by atoms with Crippen molar-refractivity contribution in [2.24, 2.45) is 0 Å².